The van der Waals surface area contributed by atoms with Crippen LogP contribution in [0.4, 0.5) is 0 Å². The molecule has 1 aliphatic rings. The molecule has 0 aliphatic carbocycles. The number of aromatic nitrogens is 2. The van der Waals surface area contributed by atoms with Crippen LogP contribution in [-0.2, 0) is 24.4 Å². The van der Waals surface area contributed by atoms with Crippen molar-refractivity contribution in [3.8, 4) is 5.75 Å². The van der Waals surface area contributed by atoms with E-state index < -0.39 is 0 Å². The highest BCUT2D eigenvalue weighted by molar-refractivity contribution is 5.78. The fourth-order valence-electron chi connectivity index (χ4n) is 4.45. The molecule has 0 radical (unpaired) electrons. The van der Waals surface area contributed by atoms with Crippen LogP contribution in [-0.4, -0.2) is 40.1 Å². The zero-order valence-electron chi connectivity index (χ0n) is 19.7. The highest BCUT2D eigenvalue weighted by Gasteiger charge is 2.24. The molecule has 1 aromatic heterocycles. The molecule has 1 fully saturated rings. The molecule has 0 unspecified atom stereocenters. The lowest BCUT2D eigenvalue weighted by Crippen LogP contribution is -2.40. The lowest BCUT2D eigenvalue weighted by molar-refractivity contribution is -0.126. The molecular formula is C27H34N4O2. The van der Waals surface area contributed by atoms with Gasteiger partial charge in [0.1, 0.15) is 11.6 Å². The summed E-state index contributed by atoms with van der Waals surface area (Å²) in [5.74, 6) is 2.19. The van der Waals surface area contributed by atoms with Gasteiger partial charge in [-0.15, -0.1) is 0 Å². The summed E-state index contributed by atoms with van der Waals surface area (Å²) in [5, 5.41) is 3.16. The molecule has 174 valence electrons. The number of rotatable bonds is 9. The highest BCUT2D eigenvalue weighted by Crippen LogP contribution is 2.21. The first-order chi connectivity index (χ1) is 16.1. The molecule has 4 rings (SSSR count). The maximum absolute atomic E-state index is 12.8. The second-order valence-electron chi connectivity index (χ2n) is 8.77. The molecule has 2 aromatic carbocycles. The van der Waals surface area contributed by atoms with Gasteiger partial charge < -0.3 is 14.6 Å². The number of aryl methyl sites for hydroxylation is 1. The zero-order valence-corrected chi connectivity index (χ0v) is 19.7. The van der Waals surface area contributed by atoms with E-state index in [0.29, 0.717) is 13.2 Å². The van der Waals surface area contributed by atoms with Crippen molar-refractivity contribution >= 4 is 5.91 Å². The number of ether oxygens (including phenoxy) is 1. The molecule has 0 spiro atoms. The van der Waals surface area contributed by atoms with Gasteiger partial charge in [0.2, 0.25) is 5.91 Å². The second kappa shape index (κ2) is 11.1. The quantitative estimate of drug-likeness (QED) is 0.536. The van der Waals surface area contributed by atoms with E-state index in [0.717, 1.165) is 56.2 Å². The summed E-state index contributed by atoms with van der Waals surface area (Å²) in [4.78, 5) is 19.5. The Morgan fingerprint density at radius 2 is 1.79 bits per heavy atom. The minimum atomic E-state index is 0.0905. The SMILES string of the molecule is CCOc1cccc(CN2CCC(C(=O)NCc3cccc(Cn4ccnc4C)c3)CC2)c1. The number of imidazole rings is 1. The number of hydrogen-bond donors (Lipinski definition) is 1. The average molecular weight is 447 g/mol. The molecule has 3 aromatic rings. The van der Waals surface area contributed by atoms with Crippen molar-refractivity contribution in [2.75, 3.05) is 19.7 Å². The summed E-state index contributed by atoms with van der Waals surface area (Å²) in [6, 6.07) is 16.7. The first kappa shape index (κ1) is 23.1. The molecule has 1 aliphatic heterocycles. The minimum Gasteiger partial charge on any atom is -0.494 e. The van der Waals surface area contributed by atoms with Crippen molar-refractivity contribution in [3.05, 3.63) is 83.4 Å². The Bertz CT molecular complexity index is 1050. The third-order valence-corrected chi connectivity index (χ3v) is 6.31. The third kappa shape index (κ3) is 6.45. The van der Waals surface area contributed by atoms with Gasteiger partial charge in [0, 0.05) is 37.9 Å². The van der Waals surface area contributed by atoms with E-state index in [4.69, 9.17) is 4.74 Å². The van der Waals surface area contributed by atoms with Gasteiger partial charge in [-0.1, -0.05) is 36.4 Å². The molecule has 0 saturated carbocycles. The van der Waals surface area contributed by atoms with Crippen molar-refractivity contribution in [1.82, 2.24) is 19.8 Å². The van der Waals surface area contributed by atoms with Gasteiger partial charge in [0.05, 0.1) is 6.61 Å². The van der Waals surface area contributed by atoms with Crippen LogP contribution >= 0.6 is 0 Å². The predicted molar refractivity (Wildman–Crippen MR) is 130 cm³/mol. The van der Waals surface area contributed by atoms with Crippen molar-refractivity contribution in [3.63, 3.8) is 0 Å². The predicted octanol–water partition coefficient (Wildman–Crippen LogP) is 4.17. The number of carbonyl (C=O) groups excluding carboxylic acids is 1. The van der Waals surface area contributed by atoms with Crippen molar-refractivity contribution < 1.29 is 9.53 Å². The Morgan fingerprint density at radius 1 is 1.06 bits per heavy atom. The summed E-state index contributed by atoms with van der Waals surface area (Å²) in [5.41, 5.74) is 3.60. The van der Waals surface area contributed by atoms with Crippen LogP contribution in [0.1, 0.15) is 42.3 Å². The molecule has 6 heteroatoms. The number of hydrogen-bond acceptors (Lipinski definition) is 4. The van der Waals surface area contributed by atoms with Crippen molar-refractivity contribution in [1.29, 1.82) is 0 Å². The zero-order chi connectivity index (χ0) is 23.0. The van der Waals surface area contributed by atoms with E-state index in [2.05, 4.69) is 56.2 Å². The molecule has 1 N–H and O–H groups in total. The van der Waals surface area contributed by atoms with E-state index in [-0.39, 0.29) is 11.8 Å². The fourth-order valence-corrected chi connectivity index (χ4v) is 4.45. The molecule has 0 bridgehead atoms. The van der Waals surface area contributed by atoms with E-state index in [1.54, 1.807) is 0 Å². The van der Waals surface area contributed by atoms with Crippen LogP contribution in [0.2, 0.25) is 0 Å². The Kier molecular flexibility index (Phi) is 7.79. The highest BCUT2D eigenvalue weighted by atomic mass is 16.5. The second-order valence-corrected chi connectivity index (χ2v) is 8.77. The third-order valence-electron chi connectivity index (χ3n) is 6.31. The van der Waals surface area contributed by atoms with Gasteiger partial charge >= 0.3 is 0 Å². The number of carbonyl (C=O) groups is 1. The van der Waals surface area contributed by atoms with Crippen LogP contribution in [0.15, 0.2) is 60.9 Å². The molecule has 33 heavy (non-hydrogen) atoms. The van der Waals surface area contributed by atoms with Gasteiger partial charge in [-0.3, -0.25) is 9.69 Å². The molecule has 6 nitrogen and oxygen atoms in total. The number of benzene rings is 2. The first-order valence-electron chi connectivity index (χ1n) is 11.9. The number of likely N-dealkylation sites (tertiary alicyclic amines) is 1. The Balaban J connectivity index is 1.23. The Hall–Kier alpha value is -3.12. The lowest BCUT2D eigenvalue weighted by Gasteiger charge is -2.31. The Morgan fingerprint density at radius 3 is 2.52 bits per heavy atom. The van der Waals surface area contributed by atoms with Crippen molar-refractivity contribution in [2.45, 2.75) is 46.3 Å². The molecule has 1 amide bonds. The van der Waals surface area contributed by atoms with Gasteiger partial charge in [-0.05, 0) is 68.6 Å². The van der Waals surface area contributed by atoms with Gasteiger partial charge in [-0.25, -0.2) is 4.98 Å². The van der Waals surface area contributed by atoms with Gasteiger partial charge in [0.25, 0.3) is 0 Å². The largest absolute Gasteiger partial charge is 0.494 e. The van der Waals surface area contributed by atoms with Gasteiger partial charge in [-0.2, -0.15) is 0 Å². The summed E-state index contributed by atoms with van der Waals surface area (Å²) in [6.07, 6.45) is 5.61. The van der Waals surface area contributed by atoms with Crippen LogP contribution in [0.3, 0.4) is 0 Å². The number of nitrogens with one attached hydrogen (secondary N) is 1. The smallest absolute Gasteiger partial charge is 0.223 e. The van der Waals surface area contributed by atoms with E-state index in [1.165, 1.54) is 11.1 Å². The topological polar surface area (TPSA) is 59.4 Å². The molecule has 2 heterocycles. The molecule has 1 saturated heterocycles. The molecule has 0 atom stereocenters. The van der Waals surface area contributed by atoms with Crippen LogP contribution in [0, 0.1) is 12.8 Å². The monoisotopic (exact) mass is 446 g/mol. The summed E-state index contributed by atoms with van der Waals surface area (Å²) < 4.78 is 7.73. The number of piperidine rings is 1. The van der Waals surface area contributed by atoms with E-state index in [9.17, 15) is 4.79 Å². The number of nitrogens with zero attached hydrogens (tertiary/aromatic N) is 3. The van der Waals surface area contributed by atoms with E-state index in [1.807, 2.05) is 38.4 Å². The number of amides is 1. The van der Waals surface area contributed by atoms with Crippen LogP contribution < -0.4 is 10.1 Å². The van der Waals surface area contributed by atoms with Gasteiger partial charge in [0.15, 0.2) is 0 Å². The Labute approximate surface area is 196 Å². The van der Waals surface area contributed by atoms with E-state index >= 15 is 0 Å². The fraction of sp³-hybridized carbons (Fsp3) is 0.407. The van der Waals surface area contributed by atoms with Crippen molar-refractivity contribution in [2.24, 2.45) is 5.92 Å². The molecular weight excluding hydrogens is 412 g/mol. The minimum absolute atomic E-state index is 0.0905. The standard InChI is InChI=1S/C27H34N4O2/c1-3-33-26-9-5-8-24(17-26)19-30-13-10-25(11-14-30)27(32)29-18-22-6-4-7-23(16-22)20-31-15-12-28-21(31)2/h4-9,12,15-17,25H,3,10-11,13-14,18-20H2,1-2H3,(H,29,32). The maximum Gasteiger partial charge on any atom is 0.223 e. The summed E-state index contributed by atoms with van der Waals surface area (Å²) in [6.45, 7) is 8.83. The first-order valence-corrected chi connectivity index (χ1v) is 11.9. The van der Waals surface area contributed by atoms with Crippen LogP contribution in [0.5, 0.6) is 5.75 Å². The summed E-state index contributed by atoms with van der Waals surface area (Å²) in [7, 11) is 0. The lowest BCUT2D eigenvalue weighted by atomic mass is 9.95. The maximum atomic E-state index is 12.8. The average Bonchev–Trinajstić information content (AvgIpc) is 3.23. The normalized spacial score (nSPS) is 14.8. The summed E-state index contributed by atoms with van der Waals surface area (Å²) >= 11 is 0. The van der Waals surface area contributed by atoms with Crippen LogP contribution in [0.25, 0.3) is 0 Å².